The molecule has 0 unspecified atom stereocenters. The van der Waals surface area contributed by atoms with Crippen molar-refractivity contribution in [3.8, 4) is 5.75 Å². The maximum atomic E-state index is 12.9. The Bertz CT molecular complexity index is 885. The molecular weight excluding hydrogens is 304 g/mol. The summed E-state index contributed by atoms with van der Waals surface area (Å²) in [6.07, 6.45) is 6.20. The molecule has 4 nitrogen and oxygen atoms in total. The number of hydrogen-bond donors (Lipinski definition) is 0. The van der Waals surface area contributed by atoms with Gasteiger partial charge in [-0.25, -0.2) is 4.79 Å². The lowest BCUT2D eigenvalue weighted by atomic mass is 9.85. The first-order valence-electron chi connectivity index (χ1n) is 8.85. The van der Waals surface area contributed by atoms with Gasteiger partial charge in [0.15, 0.2) is 5.78 Å². The van der Waals surface area contributed by atoms with Gasteiger partial charge in [-0.3, -0.25) is 4.79 Å². The molecule has 1 aromatic heterocycles. The molecule has 0 saturated heterocycles. The number of ether oxygens (including phenoxy) is 1. The minimum atomic E-state index is -0.357. The van der Waals surface area contributed by atoms with Gasteiger partial charge in [0.2, 0.25) is 0 Å². The fraction of sp³-hybridized carbons (Fsp3) is 0.500. The smallest absolute Gasteiger partial charge is 0.336 e. The van der Waals surface area contributed by atoms with E-state index in [0.29, 0.717) is 23.3 Å². The van der Waals surface area contributed by atoms with Gasteiger partial charge in [0.1, 0.15) is 16.9 Å². The monoisotopic (exact) mass is 326 g/mol. The van der Waals surface area contributed by atoms with Gasteiger partial charge in [-0.05, 0) is 56.2 Å². The minimum Gasteiger partial charge on any atom is -0.485 e. The highest BCUT2D eigenvalue weighted by Gasteiger charge is 2.44. The first-order valence-corrected chi connectivity index (χ1v) is 8.85. The molecule has 126 valence electrons. The molecule has 1 aliphatic heterocycles. The Labute approximate surface area is 140 Å². The predicted molar refractivity (Wildman–Crippen MR) is 92.0 cm³/mol. The Balaban J connectivity index is 2.03. The molecule has 1 spiro atoms. The van der Waals surface area contributed by atoms with E-state index in [0.717, 1.165) is 55.0 Å². The van der Waals surface area contributed by atoms with E-state index in [1.54, 1.807) is 6.07 Å². The molecule has 2 aliphatic rings. The SMILES string of the molecule is CCCc1cc(=O)oc2cc(C)c3c(c12)OC1(CCCC1)CC3=O. The number of ketones is 1. The van der Waals surface area contributed by atoms with E-state index in [1.807, 2.05) is 13.0 Å². The summed E-state index contributed by atoms with van der Waals surface area (Å²) in [7, 11) is 0. The van der Waals surface area contributed by atoms with Crippen molar-refractivity contribution in [3.63, 3.8) is 0 Å². The Hall–Kier alpha value is -2.10. The fourth-order valence-corrected chi connectivity index (χ4v) is 4.34. The number of rotatable bonds is 2. The third-order valence-corrected chi connectivity index (χ3v) is 5.38. The van der Waals surface area contributed by atoms with E-state index < -0.39 is 0 Å². The van der Waals surface area contributed by atoms with Crippen LogP contribution in [0.3, 0.4) is 0 Å². The lowest BCUT2D eigenvalue weighted by Crippen LogP contribution is -2.39. The zero-order chi connectivity index (χ0) is 16.9. The second-order valence-electron chi connectivity index (χ2n) is 7.20. The highest BCUT2D eigenvalue weighted by molar-refractivity contribution is 6.07. The molecule has 0 bridgehead atoms. The third kappa shape index (κ3) is 2.27. The van der Waals surface area contributed by atoms with Crippen molar-refractivity contribution in [1.82, 2.24) is 0 Å². The quantitative estimate of drug-likeness (QED) is 0.771. The van der Waals surface area contributed by atoms with Gasteiger partial charge in [-0.1, -0.05) is 13.3 Å². The van der Waals surface area contributed by atoms with Gasteiger partial charge < -0.3 is 9.15 Å². The summed E-state index contributed by atoms with van der Waals surface area (Å²) in [5.41, 5.74) is 2.25. The molecule has 0 atom stereocenters. The van der Waals surface area contributed by atoms with Crippen LogP contribution in [0.1, 0.15) is 66.9 Å². The minimum absolute atomic E-state index is 0.159. The van der Waals surface area contributed by atoms with E-state index in [4.69, 9.17) is 9.15 Å². The highest BCUT2D eigenvalue weighted by Crippen LogP contribution is 2.47. The van der Waals surface area contributed by atoms with Crippen molar-refractivity contribution in [1.29, 1.82) is 0 Å². The number of carbonyl (C=O) groups excluding carboxylic acids is 1. The predicted octanol–water partition coefficient (Wildman–Crippen LogP) is 4.33. The van der Waals surface area contributed by atoms with Crippen molar-refractivity contribution >= 4 is 16.8 Å². The van der Waals surface area contributed by atoms with Crippen molar-refractivity contribution in [2.75, 3.05) is 0 Å². The van der Waals surface area contributed by atoms with Crippen LogP contribution in [-0.2, 0) is 6.42 Å². The van der Waals surface area contributed by atoms with E-state index in [2.05, 4.69) is 6.92 Å². The lowest BCUT2D eigenvalue weighted by Gasteiger charge is -2.36. The Morgan fingerprint density at radius 1 is 1.17 bits per heavy atom. The lowest BCUT2D eigenvalue weighted by molar-refractivity contribution is 0.0460. The molecule has 1 saturated carbocycles. The van der Waals surface area contributed by atoms with Crippen molar-refractivity contribution in [2.24, 2.45) is 0 Å². The van der Waals surface area contributed by atoms with Gasteiger partial charge in [0.25, 0.3) is 0 Å². The molecular formula is C20H22O4. The molecule has 1 aliphatic carbocycles. The Morgan fingerprint density at radius 2 is 1.92 bits per heavy atom. The standard InChI is InChI=1S/C20H22O4/c1-3-6-13-10-16(22)23-15-9-12(2)17-14(21)11-20(7-4-5-8-20)24-19(17)18(13)15/h9-10H,3-8,11H2,1-2H3. The molecule has 1 aromatic carbocycles. The number of carbonyl (C=O) groups is 1. The normalized spacial score (nSPS) is 18.8. The van der Waals surface area contributed by atoms with Gasteiger partial charge in [-0.15, -0.1) is 0 Å². The summed E-state index contributed by atoms with van der Waals surface area (Å²) in [5.74, 6) is 0.807. The first-order chi connectivity index (χ1) is 11.5. The van der Waals surface area contributed by atoms with Gasteiger partial charge in [-0.2, -0.15) is 0 Å². The maximum absolute atomic E-state index is 12.9. The highest BCUT2D eigenvalue weighted by atomic mass is 16.5. The second kappa shape index (κ2) is 5.47. The third-order valence-electron chi connectivity index (χ3n) is 5.38. The Kier molecular flexibility index (Phi) is 3.52. The second-order valence-corrected chi connectivity index (χ2v) is 7.20. The number of benzene rings is 1. The summed E-state index contributed by atoms with van der Waals surface area (Å²) in [6, 6.07) is 3.35. The topological polar surface area (TPSA) is 56.5 Å². The molecule has 2 heterocycles. The Morgan fingerprint density at radius 3 is 2.62 bits per heavy atom. The van der Waals surface area contributed by atoms with Crippen LogP contribution in [-0.4, -0.2) is 11.4 Å². The van der Waals surface area contributed by atoms with E-state index in [9.17, 15) is 9.59 Å². The van der Waals surface area contributed by atoms with Crippen molar-refractivity contribution < 1.29 is 13.9 Å². The van der Waals surface area contributed by atoms with Crippen LogP contribution in [0, 0.1) is 6.92 Å². The van der Waals surface area contributed by atoms with E-state index >= 15 is 0 Å². The van der Waals surface area contributed by atoms with Crippen molar-refractivity contribution in [3.05, 3.63) is 39.2 Å². The number of fused-ring (bicyclic) bond motifs is 3. The number of aryl methyl sites for hydroxylation is 2. The molecule has 4 heteroatoms. The average molecular weight is 326 g/mol. The molecule has 0 N–H and O–H groups in total. The van der Waals surface area contributed by atoms with Gasteiger partial charge in [0, 0.05) is 6.07 Å². The van der Waals surface area contributed by atoms with Crippen LogP contribution in [0.15, 0.2) is 21.3 Å². The average Bonchev–Trinajstić information content (AvgIpc) is 2.93. The maximum Gasteiger partial charge on any atom is 0.336 e. The van der Waals surface area contributed by atoms with E-state index in [1.165, 1.54) is 0 Å². The van der Waals surface area contributed by atoms with Crippen LogP contribution in [0.5, 0.6) is 5.75 Å². The van der Waals surface area contributed by atoms with E-state index in [-0.39, 0.29) is 17.0 Å². The summed E-state index contributed by atoms with van der Waals surface area (Å²) in [6.45, 7) is 3.96. The van der Waals surface area contributed by atoms with Crippen LogP contribution >= 0.6 is 0 Å². The molecule has 2 aromatic rings. The molecule has 24 heavy (non-hydrogen) atoms. The van der Waals surface area contributed by atoms with Crippen LogP contribution in [0.25, 0.3) is 11.0 Å². The summed E-state index contributed by atoms with van der Waals surface area (Å²) >= 11 is 0. The summed E-state index contributed by atoms with van der Waals surface area (Å²) < 4.78 is 11.9. The largest absolute Gasteiger partial charge is 0.485 e. The molecule has 1 fully saturated rings. The first kappa shape index (κ1) is 15.4. The molecule has 0 radical (unpaired) electrons. The summed E-state index contributed by atoms with van der Waals surface area (Å²) in [5, 5.41) is 0.816. The van der Waals surface area contributed by atoms with Crippen LogP contribution in [0.2, 0.25) is 0 Å². The fourth-order valence-electron chi connectivity index (χ4n) is 4.34. The molecule has 0 amide bonds. The summed E-state index contributed by atoms with van der Waals surface area (Å²) in [4.78, 5) is 24.8. The van der Waals surface area contributed by atoms with Gasteiger partial charge >= 0.3 is 5.63 Å². The zero-order valence-corrected chi connectivity index (χ0v) is 14.2. The number of Topliss-reactive ketones (excluding diaryl/α,β-unsaturated/α-hetero) is 1. The number of hydrogen-bond acceptors (Lipinski definition) is 4. The van der Waals surface area contributed by atoms with Crippen LogP contribution < -0.4 is 10.4 Å². The molecule has 4 rings (SSSR count). The van der Waals surface area contributed by atoms with Gasteiger partial charge in [0.05, 0.1) is 17.4 Å². The van der Waals surface area contributed by atoms with Crippen molar-refractivity contribution in [2.45, 2.75) is 64.4 Å². The van der Waals surface area contributed by atoms with Crippen LogP contribution in [0.4, 0.5) is 0 Å². The zero-order valence-electron chi connectivity index (χ0n) is 14.2.